The summed E-state index contributed by atoms with van der Waals surface area (Å²) < 4.78 is 0. The summed E-state index contributed by atoms with van der Waals surface area (Å²) in [7, 11) is 0. The largest absolute Gasteiger partial charge is 0.508 e. The highest BCUT2D eigenvalue weighted by atomic mass is 35.5. The van der Waals surface area contributed by atoms with E-state index in [9.17, 15) is 24.6 Å². The fraction of sp³-hybridized carbons (Fsp3) is 0.286. The van der Waals surface area contributed by atoms with Gasteiger partial charge < -0.3 is 15.5 Å². The number of halogens is 1. The molecule has 0 spiro atoms. The van der Waals surface area contributed by atoms with E-state index in [1.165, 1.54) is 12.1 Å². The van der Waals surface area contributed by atoms with E-state index in [-0.39, 0.29) is 17.9 Å². The number of aliphatic carboxylic acids is 1. The lowest BCUT2D eigenvalue weighted by Crippen LogP contribution is -2.57. The third-order valence-electron chi connectivity index (χ3n) is 5.05. The number of phenols is 1. The maximum absolute atomic E-state index is 13.1. The third-order valence-corrected chi connectivity index (χ3v) is 5.72. The van der Waals surface area contributed by atoms with Gasteiger partial charge in [0.1, 0.15) is 11.8 Å². The molecule has 5 N–H and O–H groups in total. The summed E-state index contributed by atoms with van der Waals surface area (Å²) in [6.07, 6.45) is 0.336. The highest BCUT2D eigenvalue weighted by Gasteiger charge is 2.49. The Morgan fingerprint density at radius 2 is 1.87 bits per heavy atom. The molecule has 3 rings (SSSR count). The molecule has 0 saturated carbocycles. The van der Waals surface area contributed by atoms with Gasteiger partial charge in [-0.25, -0.2) is 0 Å². The predicted octanol–water partition coefficient (Wildman–Crippen LogP) is 1.07. The van der Waals surface area contributed by atoms with E-state index in [4.69, 9.17) is 11.6 Å². The van der Waals surface area contributed by atoms with Gasteiger partial charge in [0.2, 0.25) is 5.91 Å². The number of carbonyl (C=O) groups excluding carboxylic acids is 2. The maximum Gasteiger partial charge on any atom is 0.322 e. The molecule has 2 aromatic rings. The standard InChI is InChI=1S/C21H22ClN3O5S/c22-13-7-5-12(6-8-13)9-17(31)19(28)23-11-18(27)21(14-3-1-2-4-16(14)26)24-10-15(25-21)20(29)30/h1-8,15,17,24-26,31H,9-11H2,(H,23,28)(H,29,30). The van der Waals surface area contributed by atoms with Gasteiger partial charge in [0.05, 0.1) is 11.8 Å². The molecule has 3 atom stereocenters. The minimum Gasteiger partial charge on any atom is -0.508 e. The molecule has 31 heavy (non-hydrogen) atoms. The fourth-order valence-electron chi connectivity index (χ4n) is 3.41. The molecule has 1 heterocycles. The monoisotopic (exact) mass is 463 g/mol. The van der Waals surface area contributed by atoms with E-state index < -0.39 is 41.2 Å². The van der Waals surface area contributed by atoms with Crippen LogP contribution in [0.5, 0.6) is 5.75 Å². The highest BCUT2D eigenvalue weighted by Crippen LogP contribution is 2.31. The van der Waals surface area contributed by atoms with Crippen LogP contribution in [0, 0.1) is 0 Å². The van der Waals surface area contributed by atoms with Gasteiger partial charge in [-0.2, -0.15) is 12.6 Å². The predicted molar refractivity (Wildman–Crippen MR) is 118 cm³/mol. The summed E-state index contributed by atoms with van der Waals surface area (Å²) in [5, 5.41) is 27.7. The quantitative estimate of drug-likeness (QED) is 0.323. The molecule has 1 aliphatic heterocycles. The van der Waals surface area contributed by atoms with Gasteiger partial charge in [-0.3, -0.25) is 25.0 Å². The molecular weight excluding hydrogens is 442 g/mol. The second-order valence-electron chi connectivity index (χ2n) is 7.17. The van der Waals surface area contributed by atoms with Crippen LogP contribution in [0.25, 0.3) is 0 Å². The van der Waals surface area contributed by atoms with Crippen molar-refractivity contribution in [1.82, 2.24) is 16.0 Å². The summed E-state index contributed by atoms with van der Waals surface area (Å²) in [6, 6.07) is 12.1. The van der Waals surface area contributed by atoms with Gasteiger partial charge in [0.25, 0.3) is 0 Å². The number of Topliss-reactive ketones (excluding diaryl/α,β-unsaturated/α-hetero) is 1. The van der Waals surface area contributed by atoms with Crippen molar-refractivity contribution in [2.45, 2.75) is 23.4 Å². The normalized spacial score (nSPS) is 21.4. The Labute approximate surface area is 189 Å². The van der Waals surface area contributed by atoms with E-state index in [1.807, 2.05) is 0 Å². The van der Waals surface area contributed by atoms with E-state index in [1.54, 1.807) is 36.4 Å². The minimum atomic E-state index is -1.65. The number of amides is 1. The molecule has 1 amide bonds. The molecule has 1 saturated heterocycles. The summed E-state index contributed by atoms with van der Waals surface area (Å²) in [6.45, 7) is -0.424. The van der Waals surface area contributed by atoms with Gasteiger partial charge in [-0.15, -0.1) is 0 Å². The number of hydrogen-bond donors (Lipinski definition) is 6. The average molecular weight is 464 g/mol. The van der Waals surface area contributed by atoms with E-state index >= 15 is 0 Å². The molecule has 1 aliphatic rings. The van der Waals surface area contributed by atoms with Crippen LogP contribution in [0.3, 0.4) is 0 Å². The molecule has 8 nitrogen and oxygen atoms in total. The van der Waals surface area contributed by atoms with Crippen LogP contribution in [-0.2, 0) is 26.5 Å². The van der Waals surface area contributed by atoms with Crippen molar-refractivity contribution in [2.24, 2.45) is 0 Å². The summed E-state index contributed by atoms with van der Waals surface area (Å²) in [5.41, 5.74) is -0.606. The van der Waals surface area contributed by atoms with E-state index in [2.05, 4.69) is 28.6 Å². The Morgan fingerprint density at radius 3 is 2.48 bits per heavy atom. The van der Waals surface area contributed by atoms with Crippen LogP contribution >= 0.6 is 24.2 Å². The molecule has 164 valence electrons. The van der Waals surface area contributed by atoms with Crippen LogP contribution in [0.15, 0.2) is 48.5 Å². The summed E-state index contributed by atoms with van der Waals surface area (Å²) in [4.78, 5) is 37.0. The fourth-order valence-corrected chi connectivity index (χ4v) is 3.84. The number of carbonyl (C=O) groups is 3. The van der Waals surface area contributed by atoms with Crippen LogP contribution in [0.2, 0.25) is 5.02 Å². The molecule has 3 unspecified atom stereocenters. The first-order chi connectivity index (χ1) is 14.7. The van der Waals surface area contributed by atoms with Crippen LogP contribution in [0.1, 0.15) is 11.1 Å². The second kappa shape index (κ2) is 9.69. The SMILES string of the molecule is O=C(NCC(=O)C1(c2ccccc2O)NCC(C(=O)O)N1)C(S)Cc1ccc(Cl)cc1. The van der Waals surface area contributed by atoms with E-state index in [0.717, 1.165) is 5.56 Å². The first-order valence-electron chi connectivity index (χ1n) is 9.50. The number of ketones is 1. The van der Waals surface area contributed by atoms with Gasteiger partial charge in [-0.1, -0.05) is 41.9 Å². The number of carboxylic acids is 1. The smallest absolute Gasteiger partial charge is 0.322 e. The van der Waals surface area contributed by atoms with Crippen molar-refractivity contribution in [1.29, 1.82) is 0 Å². The zero-order chi connectivity index (χ0) is 22.6. The lowest BCUT2D eigenvalue weighted by atomic mass is 9.94. The minimum absolute atomic E-state index is 0.0326. The highest BCUT2D eigenvalue weighted by molar-refractivity contribution is 7.81. The van der Waals surface area contributed by atoms with Crippen molar-refractivity contribution >= 4 is 41.9 Å². The van der Waals surface area contributed by atoms with Crippen molar-refractivity contribution in [2.75, 3.05) is 13.1 Å². The molecule has 1 fully saturated rings. The molecule has 0 aromatic heterocycles. The molecule has 0 bridgehead atoms. The van der Waals surface area contributed by atoms with Gasteiger partial charge >= 0.3 is 5.97 Å². The van der Waals surface area contributed by atoms with E-state index in [0.29, 0.717) is 11.4 Å². The lowest BCUT2D eigenvalue weighted by molar-refractivity contribution is -0.139. The number of rotatable bonds is 8. The molecule has 2 aromatic carbocycles. The Balaban J connectivity index is 1.71. The number of nitrogens with one attached hydrogen (secondary N) is 3. The Kier molecular flexibility index (Phi) is 7.22. The van der Waals surface area contributed by atoms with Crippen molar-refractivity contribution in [3.8, 4) is 5.75 Å². The average Bonchev–Trinajstić information content (AvgIpc) is 3.20. The number of thiol groups is 1. The first-order valence-corrected chi connectivity index (χ1v) is 10.4. The Hall–Kier alpha value is -2.59. The number of para-hydroxylation sites is 1. The lowest BCUT2D eigenvalue weighted by Gasteiger charge is -2.30. The summed E-state index contributed by atoms with van der Waals surface area (Å²) in [5.74, 6) is -2.31. The number of aromatic hydroxyl groups is 1. The number of benzene rings is 2. The zero-order valence-corrected chi connectivity index (χ0v) is 18.0. The van der Waals surface area contributed by atoms with Gasteiger partial charge in [0, 0.05) is 17.1 Å². The van der Waals surface area contributed by atoms with Crippen molar-refractivity contribution < 1.29 is 24.6 Å². The third kappa shape index (κ3) is 5.19. The first kappa shape index (κ1) is 23.1. The number of hydrogen-bond acceptors (Lipinski definition) is 7. The van der Waals surface area contributed by atoms with Crippen LogP contribution < -0.4 is 16.0 Å². The van der Waals surface area contributed by atoms with Gasteiger partial charge in [0.15, 0.2) is 11.4 Å². The van der Waals surface area contributed by atoms with Crippen LogP contribution in [0.4, 0.5) is 0 Å². The van der Waals surface area contributed by atoms with Crippen LogP contribution in [-0.4, -0.2) is 52.3 Å². The summed E-state index contributed by atoms with van der Waals surface area (Å²) >= 11 is 10.2. The molecule has 0 aliphatic carbocycles. The maximum atomic E-state index is 13.1. The van der Waals surface area contributed by atoms with Crippen molar-refractivity contribution in [3.63, 3.8) is 0 Å². The Morgan fingerprint density at radius 1 is 1.19 bits per heavy atom. The molecule has 0 radical (unpaired) electrons. The zero-order valence-electron chi connectivity index (χ0n) is 16.3. The topological polar surface area (TPSA) is 128 Å². The molecule has 10 heteroatoms. The second-order valence-corrected chi connectivity index (χ2v) is 8.23. The molecular formula is C21H22ClN3O5S. The van der Waals surface area contributed by atoms with Crippen molar-refractivity contribution in [3.05, 3.63) is 64.7 Å². The van der Waals surface area contributed by atoms with Gasteiger partial charge in [-0.05, 0) is 30.2 Å². The Bertz CT molecular complexity index is 987. The number of carboxylic acid groups (broad SMARTS) is 1. The number of phenolic OH excluding ortho intramolecular Hbond substituents is 1.